The number of allylic oxidation sites excluding steroid dienone is 2. The normalized spacial score (nSPS) is 38.4. The molecule has 0 amide bonds. The Bertz CT molecular complexity index is 1470. The molecule has 2 spiro atoms. The lowest BCUT2D eigenvalue weighted by molar-refractivity contribution is -0.274. The van der Waals surface area contributed by atoms with E-state index in [1.807, 2.05) is 44.2 Å². The van der Waals surface area contributed by atoms with Crippen molar-refractivity contribution in [2.75, 3.05) is 0 Å². The summed E-state index contributed by atoms with van der Waals surface area (Å²) in [6.45, 7) is 12.4. The van der Waals surface area contributed by atoms with Crippen molar-refractivity contribution in [2.24, 2.45) is 17.8 Å². The molecule has 4 saturated heterocycles. The molecule has 236 valence electrons. The van der Waals surface area contributed by atoms with Crippen LogP contribution in [0.25, 0.3) is 0 Å². The van der Waals surface area contributed by atoms with E-state index in [-0.39, 0.29) is 30.7 Å². The molecule has 4 heterocycles. The molecule has 6 aliphatic rings. The Hall–Kier alpha value is -2.59. The zero-order chi connectivity index (χ0) is 31.3. The van der Waals surface area contributed by atoms with E-state index in [2.05, 4.69) is 26.8 Å². The monoisotopic (exact) mass is 620 g/mol. The first-order chi connectivity index (χ1) is 20.9. The summed E-state index contributed by atoms with van der Waals surface area (Å²) >= 11 is 0. The largest absolute Gasteiger partial charge is 0.457 e. The van der Waals surface area contributed by atoms with E-state index in [0.717, 1.165) is 29.3 Å². The first-order valence-corrected chi connectivity index (χ1v) is 18.9. The van der Waals surface area contributed by atoms with Gasteiger partial charge in [-0.05, 0) is 69.3 Å². The molecule has 4 fully saturated rings. The van der Waals surface area contributed by atoms with Gasteiger partial charge in [0.25, 0.3) is 5.79 Å². The molecule has 0 aromatic heterocycles. The third-order valence-corrected chi connectivity index (χ3v) is 16.6. The van der Waals surface area contributed by atoms with Gasteiger partial charge in [-0.25, -0.2) is 9.59 Å². The van der Waals surface area contributed by atoms with E-state index in [1.54, 1.807) is 6.92 Å². The SMILES string of the molecule is CC[Si](CC)(CC)O[C@]12C[C@]34CC[C@@H]5C(=O)C(C)=C6C(=O)O[C@@](O3)([C@@H](OCc3ccccc3)C4=CC[C@H]1C(C)(C)OC2=O)[C@@H]65. The van der Waals surface area contributed by atoms with Crippen molar-refractivity contribution in [3.63, 3.8) is 0 Å². The van der Waals surface area contributed by atoms with E-state index < -0.39 is 54.8 Å². The minimum Gasteiger partial charge on any atom is -0.457 e. The van der Waals surface area contributed by atoms with Gasteiger partial charge in [0.15, 0.2) is 19.7 Å². The molecule has 8 nitrogen and oxygen atoms in total. The molecule has 0 radical (unpaired) electrons. The Balaban J connectivity index is 1.40. The minimum atomic E-state index is -2.33. The summed E-state index contributed by atoms with van der Waals surface area (Å²) in [5.41, 5.74) is -0.243. The quantitative estimate of drug-likeness (QED) is 0.200. The summed E-state index contributed by atoms with van der Waals surface area (Å²) in [4.78, 5) is 41.4. The molecular weight excluding hydrogens is 576 g/mol. The number of cyclic esters (lactones) is 1. The average molecular weight is 621 g/mol. The van der Waals surface area contributed by atoms with Crippen LogP contribution in [0.1, 0.15) is 72.8 Å². The number of hydrogen-bond acceptors (Lipinski definition) is 8. The van der Waals surface area contributed by atoms with Crippen molar-refractivity contribution in [2.45, 2.75) is 121 Å². The Morgan fingerprint density at radius 1 is 1.00 bits per heavy atom. The molecule has 0 unspecified atom stereocenters. The average Bonchev–Trinajstić information content (AvgIpc) is 3.50. The highest BCUT2D eigenvalue weighted by molar-refractivity contribution is 6.73. The molecule has 1 aromatic rings. The van der Waals surface area contributed by atoms with Crippen molar-refractivity contribution in [3.8, 4) is 0 Å². The van der Waals surface area contributed by atoms with Crippen LogP contribution in [0.2, 0.25) is 18.1 Å². The maximum atomic E-state index is 14.3. The van der Waals surface area contributed by atoms with Gasteiger partial charge in [0.1, 0.15) is 11.7 Å². The highest BCUT2D eigenvalue weighted by atomic mass is 28.4. The molecule has 7 rings (SSSR count). The lowest BCUT2D eigenvalue weighted by atomic mass is 9.70. The van der Waals surface area contributed by atoms with Gasteiger partial charge < -0.3 is 23.4 Å². The second-order valence-corrected chi connectivity index (χ2v) is 19.0. The highest BCUT2D eigenvalue weighted by Crippen LogP contribution is 2.67. The van der Waals surface area contributed by atoms with Gasteiger partial charge in [-0.3, -0.25) is 4.79 Å². The second kappa shape index (κ2) is 9.95. The fourth-order valence-corrected chi connectivity index (χ4v) is 12.5. The Morgan fingerprint density at radius 3 is 2.39 bits per heavy atom. The lowest BCUT2D eigenvalue weighted by Crippen LogP contribution is -2.57. The minimum absolute atomic E-state index is 0.0193. The van der Waals surface area contributed by atoms with Crippen molar-refractivity contribution >= 4 is 26.0 Å². The number of benzene rings is 1. The van der Waals surface area contributed by atoms with Gasteiger partial charge in [0, 0.05) is 23.8 Å². The molecule has 9 heteroatoms. The number of hydrogen-bond donors (Lipinski definition) is 0. The molecule has 2 aliphatic carbocycles. The summed E-state index contributed by atoms with van der Waals surface area (Å²) in [7, 11) is -2.33. The molecule has 2 bridgehead atoms. The van der Waals surface area contributed by atoms with E-state index >= 15 is 0 Å². The predicted octanol–water partition coefficient (Wildman–Crippen LogP) is 5.95. The van der Waals surface area contributed by atoms with Crippen LogP contribution in [0.4, 0.5) is 0 Å². The molecule has 0 N–H and O–H groups in total. The summed E-state index contributed by atoms with van der Waals surface area (Å²) in [6, 6.07) is 12.5. The Morgan fingerprint density at radius 2 is 1.70 bits per heavy atom. The summed E-state index contributed by atoms with van der Waals surface area (Å²) < 4.78 is 33.8. The van der Waals surface area contributed by atoms with Crippen molar-refractivity contribution in [3.05, 3.63) is 58.7 Å². The maximum Gasteiger partial charge on any atom is 0.338 e. The summed E-state index contributed by atoms with van der Waals surface area (Å²) in [5, 5.41) is 0. The smallest absolute Gasteiger partial charge is 0.338 e. The van der Waals surface area contributed by atoms with Crippen LogP contribution in [0, 0.1) is 17.8 Å². The number of rotatable bonds is 8. The Labute approximate surface area is 260 Å². The van der Waals surface area contributed by atoms with Crippen LogP contribution in [-0.2, 0) is 44.4 Å². The van der Waals surface area contributed by atoms with Gasteiger partial charge in [-0.1, -0.05) is 57.2 Å². The van der Waals surface area contributed by atoms with Crippen molar-refractivity contribution < 1.29 is 37.8 Å². The standard InChI is InChI=1S/C35H44O8Si/c1-7-44(8-2,9-3)43-34-20-33-18-17-23-27-26(21(4)28(23)36)30(37)40-35(27,42-33)29(39-19-22-13-11-10-12-14-22)24(33)15-16-25(34)32(5,6)41-31(34)38/h10-15,23,25,27,29H,7-9,16-20H2,1-6H3/t23-,25-,27+,29-,33-,34+,35-/m0/s1. The lowest BCUT2D eigenvalue weighted by Gasteiger charge is -2.45. The Kier molecular flexibility index (Phi) is 6.80. The van der Waals surface area contributed by atoms with Crippen molar-refractivity contribution in [1.29, 1.82) is 0 Å². The first-order valence-electron chi connectivity index (χ1n) is 16.4. The molecule has 44 heavy (non-hydrogen) atoms. The molecular formula is C35H44O8Si. The summed E-state index contributed by atoms with van der Waals surface area (Å²) in [5.74, 6) is -3.62. The molecule has 4 aliphatic heterocycles. The number of carbonyl (C=O) groups is 3. The highest BCUT2D eigenvalue weighted by Gasteiger charge is 2.78. The number of fused-ring (bicyclic) bond motifs is 1. The van der Waals surface area contributed by atoms with Gasteiger partial charge in [0.05, 0.1) is 23.7 Å². The van der Waals surface area contributed by atoms with Crippen LogP contribution in [0.3, 0.4) is 0 Å². The van der Waals surface area contributed by atoms with E-state index in [0.29, 0.717) is 30.4 Å². The van der Waals surface area contributed by atoms with Crippen molar-refractivity contribution in [1.82, 2.24) is 0 Å². The molecule has 7 atom stereocenters. The van der Waals surface area contributed by atoms with Crippen LogP contribution in [-0.4, -0.2) is 54.7 Å². The van der Waals surface area contributed by atoms with Gasteiger partial charge in [-0.2, -0.15) is 0 Å². The number of esters is 2. The molecule has 1 aromatic carbocycles. The number of ether oxygens (including phenoxy) is 4. The summed E-state index contributed by atoms with van der Waals surface area (Å²) in [6.07, 6.45) is 3.20. The third kappa shape index (κ3) is 3.88. The predicted molar refractivity (Wildman–Crippen MR) is 164 cm³/mol. The maximum absolute atomic E-state index is 14.3. The van der Waals surface area contributed by atoms with Crippen LogP contribution >= 0.6 is 0 Å². The van der Waals surface area contributed by atoms with E-state index in [9.17, 15) is 14.4 Å². The zero-order valence-corrected chi connectivity index (χ0v) is 27.7. The molecule has 0 saturated carbocycles. The zero-order valence-electron chi connectivity index (χ0n) is 26.7. The fraction of sp³-hybridized carbons (Fsp3) is 0.629. The number of carbonyl (C=O) groups excluding carboxylic acids is 3. The van der Waals surface area contributed by atoms with E-state index in [1.165, 1.54) is 0 Å². The van der Waals surface area contributed by atoms with Gasteiger partial charge in [0.2, 0.25) is 0 Å². The third-order valence-electron chi connectivity index (χ3n) is 11.9. The van der Waals surface area contributed by atoms with Crippen LogP contribution in [0.5, 0.6) is 0 Å². The number of Topliss-reactive ketones (excluding diaryl/α,β-unsaturated/α-hetero) is 1. The first kappa shape index (κ1) is 30.1. The van der Waals surface area contributed by atoms with Crippen LogP contribution in [0.15, 0.2) is 53.1 Å². The topological polar surface area (TPSA) is 97.4 Å². The van der Waals surface area contributed by atoms with Crippen LogP contribution < -0.4 is 0 Å². The fourth-order valence-electron chi connectivity index (χ4n) is 9.50. The van der Waals surface area contributed by atoms with Gasteiger partial charge in [-0.15, -0.1) is 0 Å². The second-order valence-electron chi connectivity index (χ2n) is 14.3. The van der Waals surface area contributed by atoms with Gasteiger partial charge >= 0.3 is 11.9 Å². The van der Waals surface area contributed by atoms with E-state index in [4.69, 9.17) is 23.4 Å². The number of ketones is 1.